The van der Waals surface area contributed by atoms with Crippen LogP contribution < -0.4 is 5.32 Å². The smallest absolute Gasteiger partial charge is 0.308 e. The van der Waals surface area contributed by atoms with Gasteiger partial charge in [-0.25, -0.2) is 0 Å². The van der Waals surface area contributed by atoms with Gasteiger partial charge in [-0.15, -0.1) is 0 Å². The molecule has 1 heterocycles. The van der Waals surface area contributed by atoms with Crippen LogP contribution in [0.5, 0.6) is 0 Å². The molecule has 2 N–H and O–H groups in total. The molecular formula is C15H25N3O3. The summed E-state index contributed by atoms with van der Waals surface area (Å²) in [5, 5.41) is 16.1. The van der Waals surface area contributed by atoms with Gasteiger partial charge in [0, 0.05) is 24.8 Å². The van der Waals surface area contributed by atoms with E-state index < -0.39 is 11.9 Å². The van der Waals surface area contributed by atoms with Crippen molar-refractivity contribution in [3.05, 3.63) is 17.0 Å². The fourth-order valence-corrected chi connectivity index (χ4v) is 2.37. The van der Waals surface area contributed by atoms with Crippen molar-refractivity contribution in [3.8, 4) is 0 Å². The number of hydrogen-bond donors (Lipinski definition) is 2. The third-order valence-corrected chi connectivity index (χ3v) is 3.65. The van der Waals surface area contributed by atoms with Crippen LogP contribution >= 0.6 is 0 Å². The highest BCUT2D eigenvalue weighted by atomic mass is 16.4. The molecule has 0 fully saturated rings. The number of carboxylic acids is 1. The Morgan fingerprint density at radius 1 is 1.33 bits per heavy atom. The Balaban J connectivity index is 2.59. The topological polar surface area (TPSA) is 84.2 Å². The van der Waals surface area contributed by atoms with Crippen LogP contribution in [0.15, 0.2) is 0 Å². The first-order chi connectivity index (χ1) is 9.72. The number of nitrogens with one attached hydrogen (secondary N) is 1. The lowest BCUT2D eigenvalue weighted by molar-refractivity contribution is -0.142. The maximum absolute atomic E-state index is 12.0. The Kier molecular flexibility index (Phi) is 5.93. The van der Waals surface area contributed by atoms with Crippen LogP contribution in [0.4, 0.5) is 0 Å². The summed E-state index contributed by atoms with van der Waals surface area (Å²) < 4.78 is 1.75. The van der Waals surface area contributed by atoms with Crippen molar-refractivity contribution < 1.29 is 14.7 Å². The van der Waals surface area contributed by atoms with Crippen molar-refractivity contribution in [1.29, 1.82) is 0 Å². The maximum Gasteiger partial charge on any atom is 0.308 e. The van der Waals surface area contributed by atoms with Crippen molar-refractivity contribution in [2.24, 2.45) is 18.9 Å². The number of carbonyl (C=O) groups is 2. The zero-order chi connectivity index (χ0) is 16.2. The van der Waals surface area contributed by atoms with Crippen LogP contribution in [0, 0.1) is 25.7 Å². The molecule has 6 nitrogen and oxygen atoms in total. The summed E-state index contributed by atoms with van der Waals surface area (Å²) in [5.74, 6) is -1.28. The van der Waals surface area contributed by atoms with Gasteiger partial charge in [-0.1, -0.05) is 13.8 Å². The molecule has 1 rings (SSSR count). The first-order valence-corrected chi connectivity index (χ1v) is 7.21. The second-order valence-corrected chi connectivity index (χ2v) is 5.92. The summed E-state index contributed by atoms with van der Waals surface area (Å²) in [6, 6.07) is 0. The zero-order valence-corrected chi connectivity index (χ0v) is 13.4. The van der Waals surface area contributed by atoms with Gasteiger partial charge >= 0.3 is 5.97 Å². The molecule has 1 amide bonds. The highest BCUT2D eigenvalue weighted by Crippen LogP contribution is 2.13. The van der Waals surface area contributed by atoms with Crippen molar-refractivity contribution in [2.45, 2.75) is 40.5 Å². The van der Waals surface area contributed by atoms with E-state index in [2.05, 4.69) is 10.4 Å². The van der Waals surface area contributed by atoms with Gasteiger partial charge < -0.3 is 10.4 Å². The molecule has 1 aromatic heterocycles. The molecule has 0 aliphatic carbocycles. The number of aromatic nitrogens is 2. The second-order valence-electron chi connectivity index (χ2n) is 5.92. The van der Waals surface area contributed by atoms with Gasteiger partial charge in [0.05, 0.1) is 18.0 Å². The number of carbonyl (C=O) groups excluding carboxylic acids is 1. The molecule has 0 aliphatic heterocycles. The first-order valence-electron chi connectivity index (χ1n) is 7.21. The van der Waals surface area contributed by atoms with Gasteiger partial charge in [0.2, 0.25) is 5.91 Å². The molecule has 0 spiro atoms. The molecule has 0 saturated carbocycles. The normalized spacial score (nSPS) is 12.5. The largest absolute Gasteiger partial charge is 0.481 e. The molecule has 118 valence electrons. The third kappa shape index (κ3) is 4.88. The van der Waals surface area contributed by atoms with Gasteiger partial charge in [-0.2, -0.15) is 5.10 Å². The molecule has 1 unspecified atom stereocenters. The number of rotatable bonds is 7. The molecule has 1 aromatic rings. The number of amides is 1. The van der Waals surface area contributed by atoms with Gasteiger partial charge in [0.15, 0.2) is 0 Å². The van der Waals surface area contributed by atoms with Crippen LogP contribution in [0.3, 0.4) is 0 Å². The number of aliphatic carboxylic acids is 1. The van der Waals surface area contributed by atoms with E-state index in [1.165, 1.54) is 0 Å². The molecular weight excluding hydrogens is 270 g/mol. The van der Waals surface area contributed by atoms with Gasteiger partial charge in [0.25, 0.3) is 0 Å². The Bertz CT molecular complexity index is 520. The summed E-state index contributed by atoms with van der Waals surface area (Å²) in [7, 11) is 1.84. The Morgan fingerprint density at radius 3 is 2.38 bits per heavy atom. The summed E-state index contributed by atoms with van der Waals surface area (Å²) in [5.41, 5.74) is 2.70. The highest BCUT2D eigenvalue weighted by Gasteiger charge is 2.20. The second kappa shape index (κ2) is 7.24. The van der Waals surface area contributed by atoms with E-state index in [0.29, 0.717) is 6.42 Å². The average Bonchev–Trinajstić information content (AvgIpc) is 2.60. The van der Waals surface area contributed by atoms with E-state index >= 15 is 0 Å². The fourth-order valence-electron chi connectivity index (χ4n) is 2.37. The molecule has 0 radical (unpaired) electrons. The van der Waals surface area contributed by atoms with E-state index in [1.807, 2.05) is 34.7 Å². The fraction of sp³-hybridized carbons (Fsp3) is 0.667. The zero-order valence-electron chi connectivity index (χ0n) is 13.4. The van der Waals surface area contributed by atoms with Crippen LogP contribution in [0.1, 0.15) is 37.2 Å². The Morgan fingerprint density at radius 2 is 1.95 bits per heavy atom. The standard InChI is InChI=1S/C15H25N3O3/c1-9(2)6-12(15(20)21)8-16-14(19)7-13-10(3)17-18(5)11(13)4/h9,12H,6-8H2,1-5H3,(H,16,19)(H,20,21). The van der Waals surface area contributed by atoms with Gasteiger partial charge in [-0.05, 0) is 26.2 Å². The lowest BCUT2D eigenvalue weighted by atomic mass is 9.97. The third-order valence-electron chi connectivity index (χ3n) is 3.65. The quantitative estimate of drug-likeness (QED) is 0.797. The Labute approximate surface area is 125 Å². The minimum absolute atomic E-state index is 0.163. The Hall–Kier alpha value is -1.85. The SMILES string of the molecule is Cc1nn(C)c(C)c1CC(=O)NCC(CC(C)C)C(=O)O. The van der Waals surface area contributed by atoms with Crippen LogP contribution in [-0.4, -0.2) is 33.3 Å². The van der Waals surface area contributed by atoms with Crippen LogP contribution in [0.2, 0.25) is 0 Å². The van der Waals surface area contributed by atoms with Crippen molar-refractivity contribution in [3.63, 3.8) is 0 Å². The van der Waals surface area contributed by atoms with Gasteiger partial charge in [-0.3, -0.25) is 14.3 Å². The van der Waals surface area contributed by atoms with Gasteiger partial charge in [0.1, 0.15) is 0 Å². The van der Waals surface area contributed by atoms with E-state index in [9.17, 15) is 9.59 Å². The van der Waals surface area contributed by atoms with Crippen molar-refractivity contribution in [2.75, 3.05) is 6.54 Å². The molecule has 21 heavy (non-hydrogen) atoms. The molecule has 1 atom stereocenters. The van der Waals surface area contributed by atoms with Crippen molar-refractivity contribution in [1.82, 2.24) is 15.1 Å². The minimum atomic E-state index is -0.863. The number of hydrogen-bond acceptors (Lipinski definition) is 3. The van der Waals surface area contributed by atoms with Crippen LogP contribution in [-0.2, 0) is 23.1 Å². The summed E-state index contributed by atoms with van der Waals surface area (Å²) in [6.45, 7) is 7.90. The molecule has 6 heteroatoms. The predicted molar refractivity (Wildman–Crippen MR) is 80.0 cm³/mol. The number of carboxylic acid groups (broad SMARTS) is 1. The molecule has 0 bridgehead atoms. The summed E-state index contributed by atoms with van der Waals surface area (Å²) in [6.07, 6.45) is 0.792. The summed E-state index contributed by atoms with van der Waals surface area (Å²) in [4.78, 5) is 23.2. The van der Waals surface area contributed by atoms with Crippen LogP contribution in [0.25, 0.3) is 0 Å². The molecule has 0 aromatic carbocycles. The molecule has 0 aliphatic rings. The van der Waals surface area contributed by atoms with E-state index in [4.69, 9.17) is 5.11 Å². The number of nitrogens with zero attached hydrogens (tertiary/aromatic N) is 2. The lowest BCUT2D eigenvalue weighted by Crippen LogP contribution is -2.34. The number of aryl methyl sites for hydroxylation is 2. The molecule has 0 saturated heterocycles. The summed E-state index contributed by atoms with van der Waals surface area (Å²) >= 11 is 0. The predicted octanol–water partition coefficient (Wildman–Crippen LogP) is 1.44. The maximum atomic E-state index is 12.0. The first kappa shape index (κ1) is 17.2. The van der Waals surface area contributed by atoms with E-state index in [0.717, 1.165) is 17.0 Å². The average molecular weight is 295 g/mol. The monoisotopic (exact) mass is 295 g/mol. The van der Waals surface area contributed by atoms with E-state index in [-0.39, 0.29) is 24.8 Å². The highest BCUT2D eigenvalue weighted by molar-refractivity contribution is 5.80. The minimum Gasteiger partial charge on any atom is -0.481 e. The lowest BCUT2D eigenvalue weighted by Gasteiger charge is -2.15. The van der Waals surface area contributed by atoms with Crippen molar-refractivity contribution >= 4 is 11.9 Å². The van der Waals surface area contributed by atoms with E-state index in [1.54, 1.807) is 4.68 Å².